The molecule has 3 nitrogen and oxygen atoms in total. The zero-order valence-corrected chi connectivity index (χ0v) is 10.1. The van der Waals surface area contributed by atoms with E-state index in [1.807, 2.05) is 25.3 Å². The van der Waals surface area contributed by atoms with E-state index in [9.17, 15) is 4.79 Å². The molecule has 0 aliphatic heterocycles. The number of ketones is 1. The average molecular weight is 220 g/mol. The summed E-state index contributed by atoms with van der Waals surface area (Å²) in [4.78, 5) is 15.9. The van der Waals surface area contributed by atoms with Gasteiger partial charge in [0.15, 0.2) is 0 Å². The first-order valence-corrected chi connectivity index (χ1v) is 5.81. The molecule has 0 amide bonds. The minimum absolute atomic E-state index is 0.217. The second kappa shape index (κ2) is 6.38. The first kappa shape index (κ1) is 12.8. The molecule has 0 fully saturated rings. The molecular formula is C13H20N2O. The highest BCUT2D eigenvalue weighted by atomic mass is 16.1. The number of pyridine rings is 1. The van der Waals surface area contributed by atoms with Gasteiger partial charge in [-0.2, -0.15) is 0 Å². The van der Waals surface area contributed by atoms with Crippen molar-refractivity contribution in [2.75, 3.05) is 6.54 Å². The predicted molar refractivity (Wildman–Crippen MR) is 65.2 cm³/mol. The van der Waals surface area contributed by atoms with E-state index in [1.54, 1.807) is 0 Å². The number of carbonyl (C=O) groups is 1. The van der Waals surface area contributed by atoms with E-state index in [-0.39, 0.29) is 11.7 Å². The second-order valence-electron chi connectivity index (χ2n) is 4.27. The van der Waals surface area contributed by atoms with E-state index in [0.717, 1.165) is 12.1 Å². The molecule has 0 radical (unpaired) electrons. The lowest BCUT2D eigenvalue weighted by atomic mass is 10.0. The largest absolute Gasteiger partial charge is 0.330 e. The first-order chi connectivity index (χ1) is 7.65. The van der Waals surface area contributed by atoms with Crippen molar-refractivity contribution in [3.63, 3.8) is 0 Å². The van der Waals surface area contributed by atoms with Gasteiger partial charge in [0.05, 0.1) is 0 Å². The zero-order valence-electron chi connectivity index (χ0n) is 10.1. The topological polar surface area (TPSA) is 56.0 Å². The van der Waals surface area contributed by atoms with Gasteiger partial charge in [-0.25, -0.2) is 0 Å². The molecule has 0 spiro atoms. The normalized spacial score (nSPS) is 12.4. The molecule has 16 heavy (non-hydrogen) atoms. The second-order valence-corrected chi connectivity index (χ2v) is 4.27. The van der Waals surface area contributed by atoms with Crippen LogP contribution < -0.4 is 5.73 Å². The number of carbonyl (C=O) groups excluding carboxylic acids is 1. The van der Waals surface area contributed by atoms with Crippen LogP contribution in [-0.4, -0.2) is 17.3 Å². The lowest BCUT2D eigenvalue weighted by Gasteiger charge is -2.06. The average Bonchev–Trinajstić information content (AvgIpc) is 2.29. The SMILES string of the molecule is CCc1ccc(CC(=O)CC(C)CN)nc1. The number of aromatic nitrogens is 1. The monoisotopic (exact) mass is 220 g/mol. The third kappa shape index (κ3) is 4.11. The maximum Gasteiger partial charge on any atom is 0.139 e. The molecule has 1 heterocycles. The Labute approximate surface area is 97.1 Å². The summed E-state index contributed by atoms with van der Waals surface area (Å²) in [7, 11) is 0. The molecule has 0 aliphatic rings. The third-order valence-electron chi connectivity index (χ3n) is 2.65. The molecule has 0 bridgehead atoms. The highest BCUT2D eigenvalue weighted by Gasteiger charge is 2.09. The van der Waals surface area contributed by atoms with E-state index in [4.69, 9.17) is 5.73 Å². The van der Waals surface area contributed by atoms with Crippen LogP contribution in [0.25, 0.3) is 0 Å². The lowest BCUT2D eigenvalue weighted by molar-refractivity contribution is -0.119. The number of hydrogen-bond acceptors (Lipinski definition) is 3. The molecule has 0 aromatic carbocycles. The fraction of sp³-hybridized carbons (Fsp3) is 0.538. The van der Waals surface area contributed by atoms with Gasteiger partial charge in [-0.15, -0.1) is 0 Å². The summed E-state index contributed by atoms with van der Waals surface area (Å²) >= 11 is 0. The molecule has 3 heteroatoms. The number of Topliss-reactive ketones (excluding diaryl/α,β-unsaturated/α-hetero) is 1. The van der Waals surface area contributed by atoms with Crippen LogP contribution in [0.2, 0.25) is 0 Å². The number of aryl methyl sites for hydroxylation is 1. The van der Waals surface area contributed by atoms with Crippen LogP contribution in [0.3, 0.4) is 0 Å². The van der Waals surface area contributed by atoms with Crippen LogP contribution in [0.1, 0.15) is 31.5 Å². The molecule has 0 saturated heterocycles. The number of nitrogens with zero attached hydrogens (tertiary/aromatic N) is 1. The van der Waals surface area contributed by atoms with Crippen molar-refractivity contribution in [1.82, 2.24) is 4.98 Å². The van der Waals surface area contributed by atoms with Gasteiger partial charge in [-0.05, 0) is 30.5 Å². The molecule has 88 valence electrons. The van der Waals surface area contributed by atoms with Crippen LogP contribution in [0.5, 0.6) is 0 Å². The fourth-order valence-electron chi connectivity index (χ4n) is 1.52. The molecule has 0 saturated carbocycles. The quantitative estimate of drug-likeness (QED) is 0.794. The highest BCUT2D eigenvalue weighted by molar-refractivity contribution is 5.80. The Morgan fingerprint density at radius 1 is 1.50 bits per heavy atom. The van der Waals surface area contributed by atoms with E-state index in [0.29, 0.717) is 19.4 Å². The number of rotatable bonds is 6. The molecule has 1 aromatic rings. The first-order valence-electron chi connectivity index (χ1n) is 5.81. The van der Waals surface area contributed by atoms with Crippen molar-refractivity contribution in [3.8, 4) is 0 Å². The van der Waals surface area contributed by atoms with Gasteiger partial charge < -0.3 is 5.73 Å². The summed E-state index contributed by atoms with van der Waals surface area (Å²) in [5, 5.41) is 0. The highest BCUT2D eigenvalue weighted by Crippen LogP contribution is 2.06. The Kier molecular flexibility index (Phi) is 5.12. The number of nitrogens with two attached hydrogens (primary N) is 1. The number of hydrogen-bond donors (Lipinski definition) is 1. The summed E-state index contributed by atoms with van der Waals surface area (Å²) in [6, 6.07) is 3.96. The summed E-state index contributed by atoms with van der Waals surface area (Å²) < 4.78 is 0. The predicted octanol–water partition coefficient (Wildman–Crippen LogP) is 1.74. The molecule has 1 atom stereocenters. The van der Waals surface area contributed by atoms with E-state index in [1.165, 1.54) is 5.56 Å². The Bertz CT molecular complexity index is 332. The summed E-state index contributed by atoms with van der Waals surface area (Å²) in [6.45, 7) is 4.64. The zero-order chi connectivity index (χ0) is 12.0. The van der Waals surface area contributed by atoms with Crippen LogP contribution >= 0.6 is 0 Å². The molecule has 1 aromatic heterocycles. The molecule has 1 unspecified atom stereocenters. The van der Waals surface area contributed by atoms with Crippen LogP contribution in [0.15, 0.2) is 18.3 Å². The van der Waals surface area contributed by atoms with Crippen LogP contribution in [0, 0.1) is 5.92 Å². The molecular weight excluding hydrogens is 200 g/mol. The van der Waals surface area contributed by atoms with Crippen molar-refractivity contribution < 1.29 is 4.79 Å². The molecule has 0 aliphatic carbocycles. The van der Waals surface area contributed by atoms with E-state index < -0.39 is 0 Å². The third-order valence-corrected chi connectivity index (χ3v) is 2.65. The van der Waals surface area contributed by atoms with Gasteiger partial charge in [-0.1, -0.05) is 19.9 Å². The van der Waals surface area contributed by atoms with Crippen LogP contribution in [0.4, 0.5) is 0 Å². The van der Waals surface area contributed by atoms with E-state index >= 15 is 0 Å². The van der Waals surface area contributed by atoms with Gasteiger partial charge in [-0.3, -0.25) is 9.78 Å². The lowest BCUT2D eigenvalue weighted by Crippen LogP contribution is -2.16. The van der Waals surface area contributed by atoms with Crippen molar-refractivity contribution in [1.29, 1.82) is 0 Å². The Morgan fingerprint density at radius 3 is 2.75 bits per heavy atom. The summed E-state index contributed by atoms with van der Waals surface area (Å²) in [6.07, 6.45) is 3.79. The Balaban J connectivity index is 2.49. The molecule has 2 N–H and O–H groups in total. The van der Waals surface area contributed by atoms with Crippen molar-refractivity contribution >= 4 is 5.78 Å². The van der Waals surface area contributed by atoms with Crippen LogP contribution in [-0.2, 0) is 17.6 Å². The smallest absolute Gasteiger partial charge is 0.139 e. The van der Waals surface area contributed by atoms with E-state index in [2.05, 4.69) is 11.9 Å². The summed E-state index contributed by atoms with van der Waals surface area (Å²) in [5.74, 6) is 0.483. The Morgan fingerprint density at radius 2 is 2.25 bits per heavy atom. The van der Waals surface area contributed by atoms with Gasteiger partial charge in [0.2, 0.25) is 0 Å². The van der Waals surface area contributed by atoms with Gasteiger partial charge >= 0.3 is 0 Å². The summed E-state index contributed by atoms with van der Waals surface area (Å²) in [5.41, 5.74) is 7.54. The fourth-order valence-corrected chi connectivity index (χ4v) is 1.52. The Hall–Kier alpha value is -1.22. The van der Waals surface area contributed by atoms with Gasteiger partial charge in [0.1, 0.15) is 5.78 Å². The van der Waals surface area contributed by atoms with Gasteiger partial charge in [0.25, 0.3) is 0 Å². The van der Waals surface area contributed by atoms with Crippen molar-refractivity contribution in [2.24, 2.45) is 11.7 Å². The minimum atomic E-state index is 0.217. The van der Waals surface area contributed by atoms with Crippen molar-refractivity contribution in [2.45, 2.75) is 33.1 Å². The van der Waals surface area contributed by atoms with Gasteiger partial charge in [0, 0.05) is 24.7 Å². The maximum atomic E-state index is 11.6. The minimum Gasteiger partial charge on any atom is -0.330 e. The van der Waals surface area contributed by atoms with Crippen molar-refractivity contribution in [3.05, 3.63) is 29.6 Å². The maximum absolute atomic E-state index is 11.6. The standard InChI is InChI=1S/C13H20N2O/c1-3-11-4-5-12(15-9-11)7-13(16)6-10(2)8-14/h4-5,9-10H,3,6-8,14H2,1-2H3. The molecule has 1 rings (SSSR count).